The molecule has 2 aromatic heterocycles. The van der Waals surface area contributed by atoms with Crippen LogP contribution < -0.4 is 10.5 Å². The van der Waals surface area contributed by atoms with Crippen LogP contribution in [-0.2, 0) is 11.8 Å². The van der Waals surface area contributed by atoms with E-state index in [4.69, 9.17) is 12.2 Å². The number of carbonyl (C=O) groups excluding carboxylic acids is 1. The second-order valence-corrected chi connectivity index (χ2v) is 8.60. The monoisotopic (exact) mass is 413 g/mol. The van der Waals surface area contributed by atoms with Crippen molar-refractivity contribution < 1.29 is 4.79 Å². The van der Waals surface area contributed by atoms with Crippen molar-refractivity contribution in [2.75, 3.05) is 4.90 Å². The van der Waals surface area contributed by atoms with Gasteiger partial charge in [-0.2, -0.15) is 0 Å². The van der Waals surface area contributed by atoms with Crippen molar-refractivity contribution in [1.29, 1.82) is 0 Å². The summed E-state index contributed by atoms with van der Waals surface area (Å²) >= 11 is 8.20. The molecule has 5 nitrogen and oxygen atoms in total. The fraction of sp³-hybridized carbons (Fsp3) is 0.105. The van der Waals surface area contributed by atoms with E-state index >= 15 is 0 Å². The molecule has 1 amide bonds. The van der Waals surface area contributed by atoms with E-state index < -0.39 is 0 Å². The number of amides is 1. The maximum Gasteiger partial charge on any atom is 0.296 e. The van der Waals surface area contributed by atoms with E-state index in [1.165, 1.54) is 16.7 Å². The van der Waals surface area contributed by atoms with Gasteiger partial charge in [0.05, 0.1) is 16.3 Å². The number of hydrogen-bond donors (Lipinski definition) is 0. The molecule has 4 rings (SSSR count). The van der Waals surface area contributed by atoms with Crippen LogP contribution in [0.2, 0.25) is 0 Å². The summed E-state index contributed by atoms with van der Waals surface area (Å²) < 4.78 is 3.66. The van der Waals surface area contributed by atoms with Crippen molar-refractivity contribution in [2.45, 2.75) is 6.92 Å². The topological polar surface area (TPSA) is 47.2 Å². The third-order valence-corrected chi connectivity index (χ3v) is 6.48. The van der Waals surface area contributed by atoms with E-state index in [0.29, 0.717) is 20.6 Å². The Morgan fingerprint density at radius 2 is 1.81 bits per heavy atom. The first-order chi connectivity index (χ1) is 13.0. The predicted molar refractivity (Wildman–Crippen MR) is 116 cm³/mol. The second kappa shape index (κ2) is 6.95. The minimum Gasteiger partial charge on any atom is -0.283 e. The fourth-order valence-electron chi connectivity index (χ4n) is 2.97. The average Bonchev–Trinajstić information content (AvgIpc) is 3.31. The summed E-state index contributed by atoms with van der Waals surface area (Å²) in [5.74, 6) is -0.260. The first kappa shape index (κ1) is 18.0. The lowest BCUT2D eigenvalue weighted by Gasteiger charge is -2.12. The Balaban J connectivity index is 1.82. The fourth-order valence-corrected chi connectivity index (χ4v) is 4.97. The number of hydrogen-bond acceptors (Lipinski definition) is 5. The van der Waals surface area contributed by atoms with Crippen LogP contribution in [0, 0.1) is 6.92 Å². The van der Waals surface area contributed by atoms with E-state index in [2.05, 4.69) is 0 Å². The highest BCUT2D eigenvalue weighted by Gasteiger charge is 2.37. The van der Waals surface area contributed by atoms with Gasteiger partial charge in [0.2, 0.25) is 0 Å². The van der Waals surface area contributed by atoms with Crippen molar-refractivity contribution in [3.8, 4) is 5.69 Å². The first-order valence-corrected chi connectivity index (χ1v) is 10.2. The quantitative estimate of drug-likeness (QED) is 0.482. The first-order valence-electron chi connectivity index (χ1n) is 8.14. The number of nitrogens with zero attached hydrogens (tertiary/aromatic N) is 3. The molecule has 0 unspecified atom stereocenters. The lowest BCUT2D eigenvalue weighted by atomic mass is 10.3. The summed E-state index contributed by atoms with van der Waals surface area (Å²) in [6.07, 6.45) is 1.82. The predicted octanol–water partition coefficient (Wildman–Crippen LogP) is 3.95. The zero-order valence-electron chi connectivity index (χ0n) is 14.6. The van der Waals surface area contributed by atoms with E-state index in [0.717, 1.165) is 10.6 Å². The molecule has 3 aromatic rings. The molecular formula is C19H15N3O2S3. The van der Waals surface area contributed by atoms with Gasteiger partial charge in [-0.15, -0.1) is 11.3 Å². The Kier molecular flexibility index (Phi) is 4.63. The van der Waals surface area contributed by atoms with Gasteiger partial charge in [-0.1, -0.05) is 48.2 Å². The van der Waals surface area contributed by atoms with E-state index in [-0.39, 0.29) is 11.5 Å². The zero-order chi connectivity index (χ0) is 19.1. The summed E-state index contributed by atoms with van der Waals surface area (Å²) in [6.45, 7) is 1.82. The highest BCUT2D eigenvalue weighted by molar-refractivity contribution is 8.27. The van der Waals surface area contributed by atoms with Gasteiger partial charge in [-0.25, -0.2) is 4.68 Å². The van der Waals surface area contributed by atoms with Crippen LogP contribution in [0.5, 0.6) is 0 Å². The number of thiophene rings is 1. The van der Waals surface area contributed by atoms with Crippen molar-refractivity contribution in [3.63, 3.8) is 0 Å². The number of anilines is 1. The van der Waals surface area contributed by atoms with Gasteiger partial charge < -0.3 is 0 Å². The molecule has 1 saturated heterocycles. The molecule has 8 heteroatoms. The molecule has 1 aromatic carbocycles. The van der Waals surface area contributed by atoms with Crippen LogP contribution in [0.15, 0.2) is 57.5 Å². The molecule has 0 atom stereocenters. The zero-order valence-corrected chi connectivity index (χ0v) is 17.0. The Bertz CT molecular complexity index is 1130. The normalized spacial score (nSPS) is 15.9. The van der Waals surface area contributed by atoms with Gasteiger partial charge in [0.25, 0.3) is 11.5 Å². The number of benzene rings is 1. The number of thioether (sulfide) groups is 1. The van der Waals surface area contributed by atoms with Crippen molar-refractivity contribution in [3.05, 3.63) is 73.7 Å². The molecule has 0 aliphatic carbocycles. The molecular weight excluding hydrogens is 398 g/mol. The molecule has 0 radical (unpaired) electrons. The Hall–Kier alpha value is -2.42. The molecule has 27 heavy (non-hydrogen) atoms. The van der Waals surface area contributed by atoms with Crippen LogP contribution in [0.25, 0.3) is 11.8 Å². The number of carbonyl (C=O) groups is 1. The molecule has 1 aliphatic heterocycles. The standard InChI is InChI=1S/C19H15N3O2S3/c1-12-16(18(24)22(20(12)2)13-7-4-3-5-8-13)21-17(23)15(27-19(21)25)11-14-9-6-10-26-14/h3-11H,1-2H3/b15-11+. The van der Waals surface area contributed by atoms with Crippen LogP contribution in [0.1, 0.15) is 10.6 Å². The summed E-state index contributed by atoms with van der Waals surface area (Å²) in [5, 5.41) is 1.95. The summed E-state index contributed by atoms with van der Waals surface area (Å²) in [6, 6.07) is 13.2. The Morgan fingerprint density at radius 1 is 1.07 bits per heavy atom. The molecule has 0 saturated carbocycles. The lowest BCUT2D eigenvalue weighted by Crippen LogP contribution is -2.33. The van der Waals surface area contributed by atoms with Gasteiger partial charge in [0, 0.05) is 11.9 Å². The Labute approximate surface area is 169 Å². The van der Waals surface area contributed by atoms with E-state index in [9.17, 15) is 9.59 Å². The summed E-state index contributed by atoms with van der Waals surface area (Å²) in [5.41, 5.74) is 1.45. The van der Waals surface area contributed by atoms with Gasteiger partial charge in [-0.05, 0) is 36.6 Å². The van der Waals surface area contributed by atoms with Crippen molar-refractivity contribution in [1.82, 2.24) is 9.36 Å². The maximum atomic E-state index is 13.2. The van der Waals surface area contributed by atoms with Crippen LogP contribution in [0.3, 0.4) is 0 Å². The van der Waals surface area contributed by atoms with E-state index in [1.54, 1.807) is 27.7 Å². The smallest absolute Gasteiger partial charge is 0.283 e. The van der Waals surface area contributed by atoms with Crippen LogP contribution >= 0.6 is 35.3 Å². The molecule has 3 heterocycles. The largest absolute Gasteiger partial charge is 0.296 e. The Morgan fingerprint density at radius 3 is 2.48 bits per heavy atom. The minimum absolute atomic E-state index is 0.260. The minimum atomic E-state index is -0.269. The molecule has 0 spiro atoms. The van der Waals surface area contributed by atoms with Crippen LogP contribution in [-0.4, -0.2) is 19.6 Å². The summed E-state index contributed by atoms with van der Waals surface area (Å²) in [7, 11) is 1.80. The van der Waals surface area contributed by atoms with Gasteiger partial charge in [0.15, 0.2) is 4.32 Å². The average molecular weight is 414 g/mol. The SMILES string of the molecule is Cc1c(N2C(=O)/C(=C\c3cccs3)SC2=S)c(=O)n(-c2ccccc2)n1C. The second-order valence-electron chi connectivity index (χ2n) is 5.94. The summed E-state index contributed by atoms with van der Waals surface area (Å²) in [4.78, 5) is 29.0. The lowest BCUT2D eigenvalue weighted by molar-refractivity contribution is -0.113. The number of thiocarbonyl (C=S) groups is 1. The van der Waals surface area contributed by atoms with Gasteiger partial charge >= 0.3 is 0 Å². The maximum absolute atomic E-state index is 13.2. The van der Waals surface area contributed by atoms with E-state index in [1.807, 2.05) is 60.8 Å². The number of para-hydroxylation sites is 1. The third kappa shape index (κ3) is 2.99. The highest BCUT2D eigenvalue weighted by atomic mass is 32.2. The van der Waals surface area contributed by atoms with Gasteiger partial charge in [0.1, 0.15) is 5.69 Å². The molecule has 0 bridgehead atoms. The number of rotatable bonds is 3. The molecule has 136 valence electrons. The van der Waals surface area contributed by atoms with Gasteiger partial charge in [-0.3, -0.25) is 19.2 Å². The molecule has 1 fully saturated rings. The third-order valence-electron chi connectivity index (χ3n) is 4.36. The van der Waals surface area contributed by atoms with Crippen LogP contribution in [0.4, 0.5) is 5.69 Å². The van der Waals surface area contributed by atoms with Crippen molar-refractivity contribution in [2.24, 2.45) is 7.05 Å². The van der Waals surface area contributed by atoms with Crippen molar-refractivity contribution >= 4 is 57.3 Å². The highest BCUT2D eigenvalue weighted by Crippen LogP contribution is 2.36. The molecule has 1 aliphatic rings. The molecule has 0 N–H and O–H groups in total. The number of aromatic nitrogens is 2.